The fourth-order valence-corrected chi connectivity index (χ4v) is 3.61. The average molecular weight is 438 g/mol. The Hall–Kier alpha value is -4.26. The number of aromatic nitrogens is 5. The molecule has 164 valence electrons. The van der Waals surface area contributed by atoms with Crippen LogP contribution in [0.3, 0.4) is 0 Å². The Kier molecular flexibility index (Phi) is 5.93. The van der Waals surface area contributed by atoms with E-state index in [-0.39, 0.29) is 6.10 Å². The minimum absolute atomic E-state index is 0.277. The van der Waals surface area contributed by atoms with Gasteiger partial charge in [-0.2, -0.15) is 5.21 Å². The highest BCUT2D eigenvalue weighted by molar-refractivity contribution is 5.78. The van der Waals surface area contributed by atoms with Crippen LogP contribution in [0.2, 0.25) is 0 Å². The number of nitrogens with zero attached hydrogens (tertiary/aromatic N) is 4. The molecule has 0 aliphatic carbocycles. The van der Waals surface area contributed by atoms with Gasteiger partial charge in [-0.3, -0.25) is 0 Å². The van der Waals surface area contributed by atoms with Gasteiger partial charge in [-0.25, -0.2) is 4.98 Å². The topological polar surface area (TPSA) is 85.8 Å². The SMILES string of the molecule is CC(Oc1ccc(Cc2cccc(OCc3ccc4ccccc4n3)c2)cc1)c1nn[nH]n1. The Labute approximate surface area is 191 Å². The molecule has 0 saturated heterocycles. The molecule has 33 heavy (non-hydrogen) atoms. The van der Waals surface area contributed by atoms with Gasteiger partial charge in [0, 0.05) is 5.39 Å². The number of para-hydroxylation sites is 1. The van der Waals surface area contributed by atoms with E-state index in [4.69, 9.17) is 9.47 Å². The minimum Gasteiger partial charge on any atom is -0.487 e. The second kappa shape index (κ2) is 9.48. The van der Waals surface area contributed by atoms with Gasteiger partial charge >= 0.3 is 0 Å². The van der Waals surface area contributed by atoms with Crippen LogP contribution in [-0.4, -0.2) is 25.6 Å². The van der Waals surface area contributed by atoms with E-state index >= 15 is 0 Å². The molecule has 0 bridgehead atoms. The molecule has 0 radical (unpaired) electrons. The Balaban J connectivity index is 1.20. The molecule has 5 aromatic rings. The summed E-state index contributed by atoms with van der Waals surface area (Å²) in [5, 5.41) is 15.0. The molecule has 0 saturated carbocycles. The molecule has 7 heteroatoms. The lowest BCUT2D eigenvalue weighted by Gasteiger charge is -2.12. The van der Waals surface area contributed by atoms with Gasteiger partial charge in [-0.15, -0.1) is 10.2 Å². The molecule has 1 atom stereocenters. The van der Waals surface area contributed by atoms with Crippen molar-refractivity contribution in [1.82, 2.24) is 25.6 Å². The van der Waals surface area contributed by atoms with Crippen LogP contribution in [0.5, 0.6) is 11.5 Å². The summed E-state index contributed by atoms with van der Waals surface area (Å²) in [5.41, 5.74) is 4.24. The third-order valence-corrected chi connectivity index (χ3v) is 5.31. The van der Waals surface area contributed by atoms with Gasteiger partial charge in [-0.05, 0) is 60.9 Å². The van der Waals surface area contributed by atoms with Crippen molar-refractivity contribution in [3.8, 4) is 11.5 Å². The summed E-state index contributed by atoms with van der Waals surface area (Å²) in [6.07, 6.45) is 0.520. The lowest BCUT2D eigenvalue weighted by Crippen LogP contribution is -2.05. The van der Waals surface area contributed by atoms with Crippen molar-refractivity contribution in [2.24, 2.45) is 0 Å². The molecule has 1 N–H and O–H groups in total. The molecular weight excluding hydrogens is 414 g/mol. The number of rotatable bonds is 8. The standard InChI is InChI=1S/C26H23N5O2/c1-18(26-28-30-31-29-26)33-23-13-9-19(10-14-23)15-20-5-4-7-24(16-20)32-17-22-12-11-21-6-2-3-8-25(21)27-22/h2-14,16,18H,15,17H2,1H3,(H,28,29,30,31). The molecule has 0 fully saturated rings. The summed E-state index contributed by atoms with van der Waals surface area (Å²) in [6.45, 7) is 2.32. The second-order valence-corrected chi connectivity index (χ2v) is 7.78. The van der Waals surface area contributed by atoms with Crippen molar-refractivity contribution in [2.45, 2.75) is 26.1 Å². The molecule has 0 spiro atoms. The van der Waals surface area contributed by atoms with Gasteiger partial charge < -0.3 is 9.47 Å². The maximum absolute atomic E-state index is 6.02. The lowest BCUT2D eigenvalue weighted by molar-refractivity contribution is 0.216. The van der Waals surface area contributed by atoms with E-state index in [2.05, 4.69) is 62.0 Å². The fraction of sp³-hybridized carbons (Fsp3) is 0.154. The summed E-state index contributed by atoms with van der Waals surface area (Å²) in [6, 6.07) is 28.4. The molecule has 0 aliphatic rings. The number of nitrogens with one attached hydrogen (secondary N) is 1. The molecule has 5 rings (SSSR count). The molecular formula is C26H23N5O2. The van der Waals surface area contributed by atoms with Gasteiger partial charge in [0.05, 0.1) is 11.2 Å². The van der Waals surface area contributed by atoms with Crippen molar-refractivity contribution in [2.75, 3.05) is 0 Å². The summed E-state index contributed by atoms with van der Waals surface area (Å²) in [4.78, 5) is 4.68. The number of H-pyrrole nitrogens is 1. The molecule has 0 amide bonds. The van der Waals surface area contributed by atoms with Crippen molar-refractivity contribution in [3.05, 3.63) is 108 Å². The zero-order chi connectivity index (χ0) is 22.5. The first-order valence-electron chi connectivity index (χ1n) is 10.8. The van der Waals surface area contributed by atoms with Crippen LogP contribution in [-0.2, 0) is 13.0 Å². The van der Waals surface area contributed by atoms with Crippen LogP contribution in [0, 0.1) is 0 Å². The molecule has 2 heterocycles. The number of ether oxygens (including phenoxy) is 2. The fourth-order valence-electron chi connectivity index (χ4n) is 3.61. The van der Waals surface area contributed by atoms with Crippen LogP contribution < -0.4 is 9.47 Å². The van der Waals surface area contributed by atoms with Crippen molar-refractivity contribution in [3.63, 3.8) is 0 Å². The zero-order valence-corrected chi connectivity index (χ0v) is 18.2. The van der Waals surface area contributed by atoms with Gasteiger partial charge in [-0.1, -0.05) is 53.7 Å². The maximum Gasteiger partial charge on any atom is 0.214 e. The molecule has 2 aromatic heterocycles. The zero-order valence-electron chi connectivity index (χ0n) is 18.2. The van der Waals surface area contributed by atoms with Crippen LogP contribution in [0.15, 0.2) is 84.9 Å². The van der Waals surface area contributed by atoms with E-state index in [1.54, 1.807) is 0 Å². The predicted octanol–water partition coefficient (Wildman–Crippen LogP) is 5.06. The number of tetrazole rings is 1. The Morgan fingerprint density at radius 2 is 1.73 bits per heavy atom. The average Bonchev–Trinajstić information content (AvgIpc) is 3.40. The Morgan fingerprint density at radius 3 is 2.58 bits per heavy atom. The van der Waals surface area contributed by atoms with Crippen LogP contribution >= 0.6 is 0 Å². The minimum atomic E-state index is -0.277. The lowest BCUT2D eigenvalue weighted by atomic mass is 10.0. The first-order chi connectivity index (χ1) is 16.2. The normalized spacial score (nSPS) is 11.9. The highest BCUT2D eigenvalue weighted by atomic mass is 16.5. The van der Waals surface area contributed by atoms with E-state index in [0.717, 1.165) is 34.5 Å². The van der Waals surface area contributed by atoms with Gasteiger partial charge in [0.1, 0.15) is 18.1 Å². The number of hydrogen-bond acceptors (Lipinski definition) is 6. The molecule has 7 nitrogen and oxygen atoms in total. The highest BCUT2D eigenvalue weighted by Crippen LogP contribution is 2.22. The largest absolute Gasteiger partial charge is 0.487 e. The van der Waals surface area contributed by atoms with Crippen molar-refractivity contribution >= 4 is 10.9 Å². The summed E-state index contributed by atoms with van der Waals surface area (Å²) >= 11 is 0. The number of fused-ring (bicyclic) bond motifs is 1. The summed E-state index contributed by atoms with van der Waals surface area (Å²) in [7, 11) is 0. The van der Waals surface area contributed by atoms with E-state index in [9.17, 15) is 0 Å². The number of aromatic amines is 1. The first-order valence-corrected chi connectivity index (χ1v) is 10.8. The number of pyridine rings is 1. The Bertz CT molecular complexity index is 1340. The van der Waals surface area contributed by atoms with Crippen LogP contribution in [0.1, 0.15) is 35.7 Å². The maximum atomic E-state index is 6.02. The summed E-state index contributed by atoms with van der Waals surface area (Å²) < 4.78 is 11.9. The van der Waals surface area contributed by atoms with Gasteiger partial charge in [0.25, 0.3) is 0 Å². The van der Waals surface area contributed by atoms with E-state index < -0.39 is 0 Å². The predicted molar refractivity (Wildman–Crippen MR) is 125 cm³/mol. The van der Waals surface area contributed by atoms with E-state index in [1.165, 1.54) is 11.1 Å². The first kappa shape index (κ1) is 20.6. The van der Waals surface area contributed by atoms with Gasteiger partial charge in [0.15, 0.2) is 6.10 Å². The third-order valence-electron chi connectivity index (χ3n) is 5.31. The highest BCUT2D eigenvalue weighted by Gasteiger charge is 2.12. The third kappa shape index (κ3) is 5.15. The molecule has 1 unspecified atom stereocenters. The Morgan fingerprint density at radius 1 is 0.848 bits per heavy atom. The monoisotopic (exact) mass is 437 g/mol. The van der Waals surface area contributed by atoms with Gasteiger partial charge in [0.2, 0.25) is 5.82 Å². The smallest absolute Gasteiger partial charge is 0.214 e. The second-order valence-electron chi connectivity index (χ2n) is 7.78. The summed E-state index contributed by atoms with van der Waals surface area (Å²) in [5.74, 6) is 2.11. The quantitative estimate of drug-likeness (QED) is 0.365. The molecule has 3 aromatic carbocycles. The molecule has 0 aliphatic heterocycles. The van der Waals surface area contributed by atoms with Crippen molar-refractivity contribution in [1.29, 1.82) is 0 Å². The van der Waals surface area contributed by atoms with Crippen molar-refractivity contribution < 1.29 is 9.47 Å². The van der Waals surface area contributed by atoms with Crippen LogP contribution in [0.25, 0.3) is 10.9 Å². The number of hydrogen-bond donors (Lipinski definition) is 1. The van der Waals surface area contributed by atoms with Crippen LogP contribution in [0.4, 0.5) is 0 Å². The van der Waals surface area contributed by atoms with E-state index in [1.807, 2.05) is 55.5 Å². The van der Waals surface area contributed by atoms with E-state index in [0.29, 0.717) is 12.4 Å². The number of benzene rings is 3.